The zero-order valence-corrected chi connectivity index (χ0v) is 15.2. The molecule has 0 amide bonds. The lowest BCUT2D eigenvalue weighted by Gasteiger charge is -2.16. The zero-order valence-electron chi connectivity index (χ0n) is 15.2. The number of aromatic nitrogens is 4. The van der Waals surface area contributed by atoms with Gasteiger partial charge >= 0.3 is 0 Å². The van der Waals surface area contributed by atoms with Crippen LogP contribution in [-0.4, -0.2) is 32.1 Å². The van der Waals surface area contributed by atoms with Gasteiger partial charge in [0, 0.05) is 37.2 Å². The summed E-state index contributed by atoms with van der Waals surface area (Å²) in [5.74, 6) is 0. The highest BCUT2D eigenvalue weighted by atomic mass is 15.1. The molecule has 2 aromatic carbocycles. The standard InChI is InChI=1S/C22H21N5/c1-27(16-21-14-23-11-12-24-21)15-20-13-25-26-22(20)19-9-7-18(8-10-19)17-5-3-2-4-6-17/h2-14H,15-16H2,1H3,(H,25,26). The summed E-state index contributed by atoms with van der Waals surface area (Å²) in [6.07, 6.45) is 7.11. The van der Waals surface area contributed by atoms with E-state index in [4.69, 9.17) is 0 Å². The largest absolute Gasteiger partial charge is 0.296 e. The van der Waals surface area contributed by atoms with Crippen LogP contribution in [0.4, 0.5) is 0 Å². The van der Waals surface area contributed by atoms with Crippen LogP contribution in [0.15, 0.2) is 79.4 Å². The van der Waals surface area contributed by atoms with Gasteiger partial charge in [-0.3, -0.25) is 20.0 Å². The van der Waals surface area contributed by atoms with Crippen molar-refractivity contribution >= 4 is 0 Å². The highest BCUT2D eigenvalue weighted by Crippen LogP contribution is 2.26. The molecule has 0 aliphatic rings. The molecule has 2 heterocycles. The van der Waals surface area contributed by atoms with Gasteiger partial charge in [-0.1, -0.05) is 54.6 Å². The van der Waals surface area contributed by atoms with E-state index in [2.05, 4.69) is 80.6 Å². The molecule has 5 heteroatoms. The van der Waals surface area contributed by atoms with Crippen LogP contribution in [0.5, 0.6) is 0 Å². The van der Waals surface area contributed by atoms with Crippen molar-refractivity contribution in [2.75, 3.05) is 7.05 Å². The minimum absolute atomic E-state index is 0.741. The van der Waals surface area contributed by atoms with Crippen molar-refractivity contribution in [3.05, 3.63) is 90.6 Å². The Bertz CT molecular complexity index is 978. The van der Waals surface area contributed by atoms with E-state index in [-0.39, 0.29) is 0 Å². The number of aromatic amines is 1. The minimum Gasteiger partial charge on any atom is -0.296 e. The predicted octanol–water partition coefficient (Wildman–Crippen LogP) is 4.17. The van der Waals surface area contributed by atoms with E-state index in [0.717, 1.165) is 35.6 Å². The maximum Gasteiger partial charge on any atom is 0.0726 e. The van der Waals surface area contributed by atoms with Crippen LogP contribution in [0.3, 0.4) is 0 Å². The number of nitrogens with one attached hydrogen (secondary N) is 1. The van der Waals surface area contributed by atoms with E-state index in [1.165, 1.54) is 11.1 Å². The first kappa shape index (κ1) is 17.1. The molecule has 0 saturated carbocycles. The highest BCUT2D eigenvalue weighted by molar-refractivity contribution is 5.69. The number of hydrogen-bond acceptors (Lipinski definition) is 4. The van der Waals surface area contributed by atoms with E-state index in [9.17, 15) is 0 Å². The molecule has 0 radical (unpaired) electrons. The van der Waals surface area contributed by atoms with Crippen molar-refractivity contribution in [2.45, 2.75) is 13.1 Å². The first-order valence-corrected chi connectivity index (χ1v) is 8.91. The molecule has 0 atom stereocenters. The monoisotopic (exact) mass is 355 g/mol. The Balaban J connectivity index is 1.50. The Morgan fingerprint density at radius 3 is 2.30 bits per heavy atom. The van der Waals surface area contributed by atoms with Gasteiger partial charge in [0.05, 0.1) is 17.6 Å². The summed E-state index contributed by atoms with van der Waals surface area (Å²) in [6, 6.07) is 19.0. The van der Waals surface area contributed by atoms with Crippen LogP contribution in [-0.2, 0) is 13.1 Å². The molecule has 4 rings (SSSR count). The summed E-state index contributed by atoms with van der Waals surface area (Å²) < 4.78 is 0. The van der Waals surface area contributed by atoms with Crippen molar-refractivity contribution in [1.29, 1.82) is 0 Å². The molecular formula is C22H21N5. The average Bonchev–Trinajstić information content (AvgIpc) is 3.17. The normalized spacial score (nSPS) is 11.0. The Labute approximate surface area is 158 Å². The number of benzene rings is 2. The highest BCUT2D eigenvalue weighted by Gasteiger charge is 2.11. The van der Waals surface area contributed by atoms with Crippen LogP contribution in [0.25, 0.3) is 22.4 Å². The van der Waals surface area contributed by atoms with Crippen LogP contribution in [0.1, 0.15) is 11.3 Å². The van der Waals surface area contributed by atoms with E-state index >= 15 is 0 Å². The van der Waals surface area contributed by atoms with Gasteiger partial charge in [0.2, 0.25) is 0 Å². The Morgan fingerprint density at radius 2 is 1.56 bits per heavy atom. The molecule has 0 aliphatic heterocycles. The molecule has 134 valence electrons. The molecule has 2 aromatic heterocycles. The summed E-state index contributed by atoms with van der Waals surface area (Å²) in [4.78, 5) is 10.7. The first-order valence-electron chi connectivity index (χ1n) is 8.91. The molecule has 1 N–H and O–H groups in total. The molecule has 27 heavy (non-hydrogen) atoms. The molecule has 4 aromatic rings. The van der Waals surface area contributed by atoms with Gasteiger partial charge in [0.15, 0.2) is 0 Å². The third kappa shape index (κ3) is 4.10. The van der Waals surface area contributed by atoms with Gasteiger partial charge in [-0.2, -0.15) is 5.10 Å². The van der Waals surface area contributed by atoms with Crippen molar-refractivity contribution in [3.8, 4) is 22.4 Å². The SMILES string of the molecule is CN(Cc1cnccn1)Cc1cn[nH]c1-c1ccc(-c2ccccc2)cc1. The fourth-order valence-corrected chi connectivity index (χ4v) is 3.18. The van der Waals surface area contributed by atoms with Gasteiger partial charge in [0.25, 0.3) is 0 Å². The quantitative estimate of drug-likeness (QED) is 0.564. The van der Waals surface area contributed by atoms with Crippen LogP contribution in [0.2, 0.25) is 0 Å². The first-order chi connectivity index (χ1) is 13.3. The van der Waals surface area contributed by atoms with Gasteiger partial charge in [-0.15, -0.1) is 0 Å². The third-order valence-corrected chi connectivity index (χ3v) is 4.49. The van der Waals surface area contributed by atoms with Crippen molar-refractivity contribution < 1.29 is 0 Å². The summed E-state index contributed by atoms with van der Waals surface area (Å²) in [5, 5.41) is 7.41. The fraction of sp³-hybridized carbons (Fsp3) is 0.136. The maximum atomic E-state index is 4.34. The van der Waals surface area contributed by atoms with E-state index < -0.39 is 0 Å². The molecular weight excluding hydrogens is 334 g/mol. The van der Waals surface area contributed by atoms with Crippen molar-refractivity contribution in [2.24, 2.45) is 0 Å². The number of H-pyrrole nitrogens is 1. The van der Waals surface area contributed by atoms with Gasteiger partial charge < -0.3 is 0 Å². The third-order valence-electron chi connectivity index (χ3n) is 4.49. The van der Waals surface area contributed by atoms with E-state index in [1.807, 2.05) is 12.3 Å². The predicted molar refractivity (Wildman–Crippen MR) is 107 cm³/mol. The topological polar surface area (TPSA) is 57.7 Å². The Hall–Kier alpha value is -3.31. The second-order valence-corrected chi connectivity index (χ2v) is 6.58. The second kappa shape index (κ2) is 7.93. The average molecular weight is 355 g/mol. The lowest BCUT2D eigenvalue weighted by Crippen LogP contribution is -2.18. The fourth-order valence-electron chi connectivity index (χ4n) is 3.18. The summed E-state index contributed by atoms with van der Waals surface area (Å²) in [6.45, 7) is 1.52. The molecule has 0 spiro atoms. The van der Waals surface area contributed by atoms with E-state index in [1.54, 1.807) is 18.6 Å². The lowest BCUT2D eigenvalue weighted by molar-refractivity contribution is 0.315. The van der Waals surface area contributed by atoms with Gasteiger partial charge in [0.1, 0.15) is 0 Å². The summed E-state index contributed by atoms with van der Waals surface area (Å²) >= 11 is 0. The smallest absolute Gasteiger partial charge is 0.0726 e. The number of rotatable bonds is 6. The summed E-state index contributed by atoms with van der Waals surface area (Å²) in [5.41, 5.74) is 6.74. The number of hydrogen-bond donors (Lipinski definition) is 1. The van der Waals surface area contributed by atoms with Crippen molar-refractivity contribution in [3.63, 3.8) is 0 Å². The van der Waals surface area contributed by atoms with Gasteiger partial charge in [-0.05, 0) is 23.7 Å². The van der Waals surface area contributed by atoms with Crippen LogP contribution >= 0.6 is 0 Å². The molecule has 0 fully saturated rings. The van der Waals surface area contributed by atoms with E-state index in [0.29, 0.717) is 0 Å². The Kier molecular flexibility index (Phi) is 5.03. The van der Waals surface area contributed by atoms with Crippen LogP contribution in [0, 0.1) is 0 Å². The maximum absolute atomic E-state index is 4.34. The van der Waals surface area contributed by atoms with Gasteiger partial charge in [-0.25, -0.2) is 0 Å². The minimum atomic E-state index is 0.741. The zero-order chi connectivity index (χ0) is 18.5. The van der Waals surface area contributed by atoms with Crippen LogP contribution < -0.4 is 0 Å². The molecule has 5 nitrogen and oxygen atoms in total. The Morgan fingerprint density at radius 1 is 0.815 bits per heavy atom. The molecule has 0 saturated heterocycles. The second-order valence-electron chi connectivity index (χ2n) is 6.58. The molecule has 0 aliphatic carbocycles. The van der Waals surface area contributed by atoms with Crippen molar-refractivity contribution in [1.82, 2.24) is 25.1 Å². The lowest BCUT2D eigenvalue weighted by atomic mass is 10.0. The molecule has 0 unspecified atom stereocenters. The number of nitrogens with zero attached hydrogens (tertiary/aromatic N) is 4. The summed E-state index contributed by atoms with van der Waals surface area (Å²) in [7, 11) is 2.07. The molecule has 0 bridgehead atoms.